The third kappa shape index (κ3) is 4.79. The van der Waals surface area contributed by atoms with Crippen molar-refractivity contribution in [3.05, 3.63) is 28.8 Å². The number of rotatable bonds is 5. The molecule has 7 nitrogen and oxygen atoms in total. The zero-order valence-corrected chi connectivity index (χ0v) is 12.1. The van der Waals surface area contributed by atoms with Gasteiger partial charge in [-0.1, -0.05) is 0 Å². The first kappa shape index (κ1) is 16.5. The number of ether oxygens (including phenoxy) is 1. The summed E-state index contributed by atoms with van der Waals surface area (Å²) in [7, 11) is 0. The van der Waals surface area contributed by atoms with E-state index in [1.807, 2.05) is 0 Å². The minimum Gasteiger partial charge on any atom is -0.478 e. The fraction of sp³-hybridized carbons (Fsp3) is 0.357. The van der Waals surface area contributed by atoms with Crippen LogP contribution in [0.4, 0.5) is 10.5 Å². The summed E-state index contributed by atoms with van der Waals surface area (Å²) < 4.78 is 4.67. The van der Waals surface area contributed by atoms with Gasteiger partial charge in [-0.2, -0.15) is 0 Å². The van der Waals surface area contributed by atoms with E-state index in [0.717, 1.165) is 5.56 Å². The van der Waals surface area contributed by atoms with Crippen LogP contribution in [0.1, 0.15) is 28.4 Å². The van der Waals surface area contributed by atoms with Gasteiger partial charge in [0, 0.05) is 5.69 Å². The molecule has 0 bridgehead atoms. The lowest BCUT2D eigenvalue weighted by molar-refractivity contribution is -0.141. The number of hydrogen-bond acceptors (Lipinski definition) is 4. The molecule has 1 aromatic rings. The first-order chi connectivity index (χ1) is 9.85. The van der Waals surface area contributed by atoms with Gasteiger partial charge >= 0.3 is 18.0 Å². The molecule has 0 radical (unpaired) electrons. The van der Waals surface area contributed by atoms with Crippen molar-refractivity contribution < 1.29 is 24.2 Å². The van der Waals surface area contributed by atoms with E-state index in [-0.39, 0.29) is 18.7 Å². The number of carbonyl (C=O) groups is 3. The second-order valence-electron chi connectivity index (χ2n) is 4.38. The summed E-state index contributed by atoms with van der Waals surface area (Å²) in [5.41, 5.74) is 1.85. The number of esters is 1. The van der Waals surface area contributed by atoms with Crippen molar-refractivity contribution in [2.24, 2.45) is 0 Å². The molecule has 1 rings (SSSR count). The number of nitrogens with one attached hydrogen (secondary N) is 2. The average molecular weight is 294 g/mol. The minimum atomic E-state index is -1.06. The first-order valence-corrected chi connectivity index (χ1v) is 6.40. The number of carboxylic acid groups (broad SMARTS) is 1. The van der Waals surface area contributed by atoms with Crippen LogP contribution in [0, 0.1) is 13.8 Å². The maximum Gasteiger partial charge on any atom is 0.336 e. The van der Waals surface area contributed by atoms with Gasteiger partial charge in [0.15, 0.2) is 0 Å². The summed E-state index contributed by atoms with van der Waals surface area (Å²) in [4.78, 5) is 33.8. The zero-order chi connectivity index (χ0) is 16.0. The van der Waals surface area contributed by atoms with Crippen molar-refractivity contribution in [1.29, 1.82) is 0 Å². The van der Waals surface area contributed by atoms with E-state index in [2.05, 4.69) is 15.4 Å². The number of carboxylic acids is 1. The van der Waals surface area contributed by atoms with Gasteiger partial charge in [0.2, 0.25) is 0 Å². The summed E-state index contributed by atoms with van der Waals surface area (Å²) >= 11 is 0. The Morgan fingerprint density at radius 3 is 2.48 bits per heavy atom. The molecule has 0 spiro atoms. The van der Waals surface area contributed by atoms with Crippen molar-refractivity contribution in [1.82, 2.24) is 5.32 Å². The number of urea groups is 1. The van der Waals surface area contributed by atoms with Crippen LogP contribution in [0.2, 0.25) is 0 Å². The van der Waals surface area contributed by atoms with Crippen LogP contribution >= 0.6 is 0 Å². The van der Waals surface area contributed by atoms with Crippen molar-refractivity contribution in [2.45, 2.75) is 20.8 Å². The lowest BCUT2D eigenvalue weighted by Crippen LogP contribution is -2.34. The Labute approximate surface area is 122 Å². The third-order valence-electron chi connectivity index (χ3n) is 2.85. The van der Waals surface area contributed by atoms with Crippen LogP contribution in [0.3, 0.4) is 0 Å². The van der Waals surface area contributed by atoms with Crippen LogP contribution in [0.15, 0.2) is 12.1 Å². The lowest BCUT2D eigenvalue weighted by Gasteiger charge is -2.11. The van der Waals surface area contributed by atoms with Gasteiger partial charge in [0.1, 0.15) is 6.54 Å². The van der Waals surface area contributed by atoms with Gasteiger partial charge in [0.05, 0.1) is 12.2 Å². The molecule has 0 aromatic heterocycles. The van der Waals surface area contributed by atoms with Gasteiger partial charge in [-0.05, 0) is 44.0 Å². The first-order valence-electron chi connectivity index (χ1n) is 6.40. The Morgan fingerprint density at radius 2 is 1.90 bits per heavy atom. The van der Waals surface area contributed by atoms with Crippen LogP contribution in [0.25, 0.3) is 0 Å². The SMILES string of the molecule is CCOC(=O)CNC(=O)Nc1cc(C)c(C)c(C(=O)O)c1. The maximum atomic E-state index is 11.6. The van der Waals surface area contributed by atoms with E-state index in [0.29, 0.717) is 11.3 Å². The van der Waals surface area contributed by atoms with Gasteiger partial charge in [-0.3, -0.25) is 4.79 Å². The van der Waals surface area contributed by atoms with E-state index >= 15 is 0 Å². The number of amides is 2. The Hall–Kier alpha value is -2.57. The predicted molar refractivity (Wildman–Crippen MR) is 76.5 cm³/mol. The second-order valence-corrected chi connectivity index (χ2v) is 4.38. The number of anilines is 1. The van der Waals surface area contributed by atoms with E-state index < -0.39 is 18.0 Å². The van der Waals surface area contributed by atoms with E-state index in [1.165, 1.54) is 6.07 Å². The van der Waals surface area contributed by atoms with Crippen molar-refractivity contribution in [3.63, 3.8) is 0 Å². The molecule has 0 unspecified atom stereocenters. The molecule has 0 atom stereocenters. The van der Waals surface area contributed by atoms with E-state index in [1.54, 1.807) is 26.8 Å². The van der Waals surface area contributed by atoms with Crippen molar-refractivity contribution in [3.8, 4) is 0 Å². The highest BCUT2D eigenvalue weighted by molar-refractivity contribution is 5.95. The fourth-order valence-electron chi connectivity index (χ4n) is 1.69. The van der Waals surface area contributed by atoms with Gasteiger partial charge < -0.3 is 20.5 Å². The summed E-state index contributed by atoms with van der Waals surface area (Å²) in [6.45, 7) is 5.10. The molecule has 0 aliphatic rings. The second kappa shape index (κ2) is 7.28. The average Bonchev–Trinajstić information content (AvgIpc) is 2.40. The van der Waals surface area contributed by atoms with Crippen LogP contribution in [-0.4, -0.2) is 36.2 Å². The smallest absolute Gasteiger partial charge is 0.336 e. The predicted octanol–water partition coefficient (Wildman–Crippen LogP) is 1.69. The molecule has 0 aliphatic carbocycles. The normalized spacial score (nSPS) is 9.86. The Bertz CT molecular complexity index is 569. The Kier molecular flexibility index (Phi) is 5.71. The Morgan fingerprint density at radius 1 is 1.24 bits per heavy atom. The largest absolute Gasteiger partial charge is 0.478 e. The van der Waals surface area contributed by atoms with Gasteiger partial charge in [0.25, 0.3) is 0 Å². The van der Waals surface area contributed by atoms with E-state index in [4.69, 9.17) is 5.11 Å². The molecule has 0 saturated heterocycles. The number of aryl methyl sites for hydroxylation is 1. The standard InChI is InChI=1S/C14H18N2O5/c1-4-21-12(17)7-15-14(20)16-10-5-8(2)9(3)11(6-10)13(18)19/h5-6H,4,7H2,1-3H3,(H,18,19)(H2,15,16,20). The number of hydrogen-bond donors (Lipinski definition) is 3. The molecule has 21 heavy (non-hydrogen) atoms. The topological polar surface area (TPSA) is 105 Å². The van der Waals surface area contributed by atoms with Crippen LogP contribution in [0.5, 0.6) is 0 Å². The molecule has 0 heterocycles. The lowest BCUT2D eigenvalue weighted by atomic mass is 10.0. The molecule has 0 fully saturated rings. The minimum absolute atomic E-state index is 0.121. The van der Waals surface area contributed by atoms with Crippen molar-refractivity contribution >= 4 is 23.7 Å². The molecule has 0 aliphatic heterocycles. The fourth-order valence-corrected chi connectivity index (χ4v) is 1.69. The molecular formula is C14H18N2O5. The molecular weight excluding hydrogens is 276 g/mol. The van der Waals surface area contributed by atoms with Gasteiger partial charge in [-0.15, -0.1) is 0 Å². The summed E-state index contributed by atoms with van der Waals surface area (Å²) in [6, 6.07) is 2.42. The van der Waals surface area contributed by atoms with Gasteiger partial charge in [-0.25, -0.2) is 9.59 Å². The zero-order valence-electron chi connectivity index (χ0n) is 12.1. The van der Waals surface area contributed by atoms with Crippen LogP contribution in [-0.2, 0) is 9.53 Å². The number of benzene rings is 1. The number of aromatic carboxylic acids is 1. The highest BCUT2D eigenvalue weighted by Gasteiger charge is 2.12. The monoisotopic (exact) mass is 294 g/mol. The molecule has 0 saturated carbocycles. The number of carbonyl (C=O) groups excluding carboxylic acids is 2. The molecule has 2 amide bonds. The highest BCUT2D eigenvalue weighted by atomic mass is 16.5. The summed E-state index contributed by atoms with van der Waals surface area (Å²) in [6.07, 6.45) is 0. The summed E-state index contributed by atoms with van der Waals surface area (Å²) in [5.74, 6) is -1.61. The molecule has 3 N–H and O–H groups in total. The molecule has 1 aromatic carbocycles. The molecule has 114 valence electrons. The quantitative estimate of drug-likeness (QED) is 0.717. The Balaban J connectivity index is 2.73. The summed E-state index contributed by atoms with van der Waals surface area (Å²) in [5, 5.41) is 13.9. The maximum absolute atomic E-state index is 11.6. The van der Waals surface area contributed by atoms with Crippen LogP contribution < -0.4 is 10.6 Å². The molecule has 7 heteroatoms. The van der Waals surface area contributed by atoms with Crippen molar-refractivity contribution in [2.75, 3.05) is 18.5 Å². The van der Waals surface area contributed by atoms with E-state index in [9.17, 15) is 14.4 Å². The third-order valence-corrected chi connectivity index (χ3v) is 2.85. The highest BCUT2D eigenvalue weighted by Crippen LogP contribution is 2.19.